The van der Waals surface area contributed by atoms with Crippen molar-refractivity contribution in [3.63, 3.8) is 0 Å². The summed E-state index contributed by atoms with van der Waals surface area (Å²) in [5.41, 5.74) is 0.294. The average molecular weight is 253 g/mol. The largest absolute Gasteiger partial charge is 0.502 e. The normalized spacial score (nSPS) is 10.3. The first-order chi connectivity index (χ1) is 8.49. The second-order valence-electron chi connectivity index (χ2n) is 3.39. The molecule has 18 heavy (non-hydrogen) atoms. The maximum Gasteiger partial charge on any atom is 0.411 e. The molecule has 0 aliphatic rings. The van der Waals surface area contributed by atoms with Gasteiger partial charge in [0.1, 0.15) is 5.82 Å². The summed E-state index contributed by atoms with van der Waals surface area (Å²) in [6.45, 7) is 0. The van der Waals surface area contributed by atoms with Gasteiger partial charge in [-0.15, -0.1) is 0 Å². The molecule has 1 heterocycles. The molecule has 94 valence electrons. The highest BCUT2D eigenvalue weighted by molar-refractivity contribution is 5.86. The van der Waals surface area contributed by atoms with Gasteiger partial charge < -0.3 is 19.7 Å². The minimum absolute atomic E-state index is 0.156. The number of benzene rings is 1. The van der Waals surface area contributed by atoms with Gasteiger partial charge in [-0.25, -0.2) is 9.18 Å². The summed E-state index contributed by atoms with van der Waals surface area (Å²) < 4.78 is 17.7. The number of furan rings is 1. The predicted octanol–water partition coefficient (Wildman–Crippen LogP) is 2.59. The van der Waals surface area contributed by atoms with Gasteiger partial charge in [-0.1, -0.05) is 0 Å². The van der Waals surface area contributed by atoms with Crippen LogP contribution >= 0.6 is 0 Å². The Hall–Kier alpha value is -2.70. The van der Waals surface area contributed by atoms with Gasteiger partial charge in [0.15, 0.2) is 5.76 Å². The fourth-order valence-electron chi connectivity index (χ4n) is 1.39. The van der Waals surface area contributed by atoms with Crippen molar-refractivity contribution in [2.75, 3.05) is 5.32 Å². The Morgan fingerprint density at radius 2 is 1.78 bits per heavy atom. The highest BCUT2D eigenvalue weighted by Gasteiger charge is 2.21. The average Bonchev–Trinajstić information content (AvgIpc) is 2.58. The summed E-state index contributed by atoms with van der Waals surface area (Å²) in [4.78, 5) is 10.4. The Kier molecular flexibility index (Phi) is 2.80. The summed E-state index contributed by atoms with van der Waals surface area (Å²) in [6.07, 6.45) is -1.45. The van der Waals surface area contributed by atoms with Gasteiger partial charge in [-0.3, -0.25) is 5.32 Å². The lowest BCUT2D eigenvalue weighted by molar-refractivity contribution is 0.209. The van der Waals surface area contributed by atoms with Crippen molar-refractivity contribution in [2.45, 2.75) is 0 Å². The molecule has 0 radical (unpaired) electrons. The minimum atomic E-state index is -1.45. The van der Waals surface area contributed by atoms with Gasteiger partial charge in [0.05, 0.1) is 0 Å². The number of nitrogens with one attached hydrogen (secondary N) is 1. The van der Waals surface area contributed by atoms with Crippen molar-refractivity contribution in [1.29, 1.82) is 0 Å². The lowest BCUT2D eigenvalue weighted by atomic mass is 10.1. The van der Waals surface area contributed by atoms with E-state index in [-0.39, 0.29) is 5.76 Å². The van der Waals surface area contributed by atoms with Crippen molar-refractivity contribution in [1.82, 2.24) is 0 Å². The summed E-state index contributed by atoms with van der Waals surface area (Å²) in [5, 5.41) is 29.3. The molecule has 0 atom stereocenters. The van der Waals surface area contributed by atoms with Crippen molar-refractivity contribution in [3.8, 4) is 22.8 Å². The van der Waals surface area contributed by atoms with E-state index in [9.17, 15) is 19.4 Å². The smallest absolute Gasteiger partial charge is 0.411 e. The van der Waals surface area contributed by atoms with Crippen molar-refractivity contribution >= 4 is 12.0 Å². The van der Waals surface area contributed by atoms with Crippen molar-refractivity contribution in [2.24, 2.45) is 0 Å². The maximum atomic E-state index is 12.7. The van der Waals surface area contributed by atoms with Crippen LogP contribution in [0.1, 0.15) is 0 Å². The third-order valence-corrected chi connectivity index (χ3v) is 2.19. The molecular formula is C11H8FNO5. The zero-order valence-corrected chi connectivity index (χ0v) is 8.85. The molecule has 1 amide bonds. The second kappa shape index (κ2) is 4.28. The molecular weight excluding hydrogens is 245 g/mol. The first kappa shape index (κ1) is 11.8. The molecule has 0 bridgehead atoms. The number of anilines is 1. The zero-order valence-electron chi connectivity index (χ0n) is 8.85. The highest BCUT2D eigenvalue weighted by atomic mass is 19.1. The van der Waals surface area contributed by atoms with Crippen LogP contribution in [0.5, 0.6) is 11.5 Å². The molecule has 0 unspecified atom stereocenters. The number of hydrogen-bond donors (Lipinski definition) is 4. The van der Waals surface area contributed by atoms with Crippen LogP contribution in [-0.2, 0) is 0 Å². The van der Waals surface area contributed by atoms with Crippen LogP contribution in [0.2, 0.25) is 0 Å². The minimum Gasteiger partial charge on any atom is -0.502 e. The number of hydrogen-bond acceptors (Lipinski definition) is 4. The third-order valence-electron chi connectivity index (χ3n) is 2.19. The number of amides is 1. The summed E-state index contributed by atoms with van der Waals surface area (Å²) in [7, 11) is 0. The molecule has 0 aliphatic carbocycles. The Bertz CT molecular complexity index is 590. The Balaban J connectivity index is 2.45. The third kappa shape index (κ3) is 2.05. The monoisotopic (exact) mass is 253 g/mol. The van der Waals surface area contributed by atoms with Crippen LogP contribution in [0.3, 0.4) is 0 Å². The molecule has 2 aromatic rings. The van der Waals surface area contributed by atoms with Crippen LogP contribution < -0.4 is 5.32 Å². The van der Waals surface area contributed by atoms with E-state index in [2.05, 4.69) is 0 Å². The predicted molar refractivity (Wildman–Crippen MR) is 59.1 cm³/mol. The number of halogens is 1. The number of rotatable bonds is 2. The van der Waals surface area contributed by atoms with E-state index < -0.39 is 29.3 Å². The van der Waals surface area contributed by atoms with Crippen LogP contribution in [0.15, 0.2) is 28.7 Å². The van der Waals surface area contributed by atoms with E-state index in [1.165, 1.54) is 12.1 Å². The maximum absolute atomic E-state index is 12.7. The second-order valence-corrected chi connectivity index (χ2v) is 3.39. The summed E-state index contributed by atoms with van der Waals surface area (Å²) in [6, 6.07) is 4.91. The topological polar surface area (TPSA) is 103 Å². The van der Waals surface area contributed by atoms with E-state index in [0.717, 1.165) is 12.1 Å². The lowest BCUT2D eigenvalue weighted by Crippen LogP contribution is -2.06. The van der Waals surface area contributed by atoms with Gasteiger partial charge in [0, 0.05) is 5.56 Å². The Morgan fingerprint density at radius 3 is 2.33 bits per heavy atom. The first-order valence-electron chi connectivity index (χ1n) is 4.79. The summed E-state index contributed by atoms with van der Waals surface area (Å²) >= 11 is 0. The van der Waals surface area contributed by atoms with E-state index in [1.54, 1.807) is 5.32 Å². The van der Waals surface area contributed by atoms with Gasteiger partial charge >= 0.3 is 6.09 Å². The highest BCUT2D eigenvalue weighted by Crippen LogP contribution is 2.45. The molecule has 2 rings (SSSR count). The molecule has 0 fully saturated rings. The van der Waals surface area contributed by atoms with E-state index >= 15 is 0 Å². The molecule has 4 N–H and O–H groups in total. The number of carbonyl (C=O) groups is 1. The molecule has 6 nitrogen and oxygen atoms in total. The summed E-state index contributed by atoms with van der Waals surface area (Å²) in [5.74, 6) is -2.48. The Labute approximate surface area is 99.9 Å². The van der Waals surface area contributed by atoms with E-state index in [4.69, 9.17) is 9.52 Å². The van der Waals surface area contributed by atoms with Gasteiger partial charge in [0.2, 0.25) is 17.4 Å². The molecule has 0 saturated heterocycles. The molecule has 0 aliphatic heterocycles. The van der Waals surface area contributed by atoms with Gasteiger partial charge in [-0.05, 0) is 24.3 Å². The molecule has 7 heteroatoms. The van der Waals surface area contributed by atoms with Crippen LogP contribution in [0, 0.1) is 5.82 Å². The quantitative estimate of drug-likeness (QED) is 0.658. The Morgan fingerprint density at radius 1 is 1.17 bits per heavy atom. The fourth-order valence-corrected chi connectivity index (χ4v) is 1.39. The first-order valence-corrected chi connectivity index (χ1v) is 4.79. The molecule has 0 saturated carbocycles. The zero-order chi connectivity index (χ0) is 13.3. The van der Waals surface area contributed by atoms with E-state index in [1.807, 2.05) is 0 Å². The SMILES string of the molecule is O=C(O)Nc1oc(-c2ccc(F)cc2)c(O)c1O. The molecule has 1 aromatic carbocycles. The lowest BCUT2D eigenvalue weighted by Gasteiger charge is -1.97. The van der Waals surface area contributed by atoms with Gasteiger partial charge in [-0.2, -0.15) is 0 Å². The number of aromatic hydroxyl groups is 2. The van der Waals surface area contributed by atoms with Gasteiger partial charge in [0.25, 0.3) is 0 Å². The molecule has 0 spiro atoms. The molecule has 1 aromatic heterocycles. The van der Waals surface area contributed by atoms with Crippen molar-refractivity contribution < 1.29 is 28.9 Å². The van der Waals surface area contributed by atoms with E-state index in [0.29, 0.717) is 5.56 Å². The standard InChI is InChI=1S/C11H8FNO5/c12-6-3-1-5(2-4-6)9-7(14)8(15)10(18-9)13-11(16)17/h1-4,13-15H,(H,16,17). The van der Waals surface area contributed by atoms with Crippen LogP contribution in [0.4, 0.5) is 15.1 Å². The fraction of sp³-hybridized carbons (Fsp3) is 0. The van der Waals surface area contributed by atoms with Crippen LogP contribution in [0.25, 0.3) is 11.3 Å². The van der Waals surface area contributed by atoms with Crippen molar-refractivity contribution in [3.05, 3.63) is 30.1 Å². The number of carboxylic acid groups (broad SMARTS) is 1. The van der Waals surface area contributed by atoms with Crippen LogP contribution in [-0.4, -0.2) is 21.4 Å².